The molecular formula is C18H20N2O4. The van der Waals surface area contributed by atoms with Crippen molar-refractivity contribution in [1.29, 1.82) is 0 Å². The van der Waals surface area contributed by atoms with Crippen LogP contribution in [0.4, 0.5) is 0 Å². The third-order valence-corrected chi connectivity index (χ3v) is 4.31. The number of carboxylic acids is 1. The highest BCUT2D eigenvalue weighted by Crippen LogP contribution is 2.33. The van der Waals surface area contributed by atoms with Crippen LogP contribution in [0, 0.1) is 0 Å². The number of amides is 1. The van der Waals surface area contributed by atoms with Crippen LogP contribution < -0.4 is 0 Å². The Morgan fingerprint density at radius 1 is 1.25 bits per heavy atom. The van der Waals surface area contributed by atoms with E-state index in [4.69, 9.17) is 9.52 Å². The van der Waals surface area contributed by atoms with Gasteiger partial charge in [-0.3, -0.25) is 4.79 Å². The van der Waals surface area contributed by atoms with Crippen molar-refractivity contribution in [2.75, 3.05) is 6.54 Å². The summed E-state index contributed by atoms with van der Waals surface area (Å²) in [5, 5.41) is 9.06. The normalized spacial score (nSPS) is 17.7. The van der Waals surface area contributed by atoms with Crippen molar-refractivity contribution in [2.45, 2.75) is 38.6 Å². The first-order valence-corrected chi connectivity index (χ1v) is 8.20. The highest BCUT2D eigenvalue weighted by Gasteiger charge is 2.31. The molecular weight excluding hydrogens is 308 g/mol. The lowest BCUT2D eigenvalue weighted by atomic mass is 9.99. The summed E-state index contributed by atoms with van der Waals surface area (Å²) in [5.74, 6) is 0.291. The summed E-state index contributed by atoms with van der Waals surface area (Å²) in [6.45, 7) is 2.64. The summed E-state index contributed by atoms with van der Waals surface area (Å²) < 4.78 is 5.84. The van der Waals surface area contributed by atoms with Gasteiger partial charge in [-0.25, -0.2) is 9.78 Å². The molecule has 1 fully saturated rings. The number of aryl methyl sites for hydroxylation is 1. The van der Waals surface area contributed by atoms with Crippen LogP contribution in [0.3, 0.4) is 0 Å². The molecule has 126 valence electrons. The van der Waals surface area contributed by atoms with Crippen molar-refractivity contribution in [3.8, 4) is 0 Å². The van der Waals surface area contributed by atoms with Gasteiger partial charge in [0.2, 0.25) is 0 Å². The maximum absolute atomic E-state index is 12.9. The fourth-order valence-electron chi connectivity index (χ4n) is 3.05. The summed E-state index contributed by atoms with van der Waals surface area (Å²) in [4.78, 5) is 29.7. The van der Waals surface area contributed by atoms with E-state index in [1.165, 1.54) is 6.07 Å². The summed E-state index contributed by atoms with van der Waals surface area (Å²) in [6.07, 6.45) is 3.59. The van der Waals surface area contributed by atoms with Crippen molar-refractivity contribution < 1.29 is 19.1 Å². The van der Waals surface area contributed by atoms with E-state index in [0.717, 1.165) is 37.2 Å². The van der Waals surface area contributed by atoms with Gasteiger partial charge >= 0.3 is 5.97 Å². The molecule has 24 heavy (non-hydrogen) atoms. The lowest BCUT2D eigenvalue weighted by molar-refractivity contribution is 0.0572. The minimum atomic E-state index is -1.14. The minimum Gasteiger partial charge on any atom is -0.477 e. The van der Waals surface area contributed by atoms with E-state index < -0.39 is 5.97 Å². The molecule has 0 spiro atoms. The molecule has 1 aliphatic rings. The Kier molecular flexibility index (Phi) is 4.64. The van der Waals surface area contributed by atoms with Crippen molar-refractivity contribution in [2.24, 2.45) is 0 Å². The molecule has 1 unspecified atom stereocenters. The molecule has 0 radical (unpaired) electrons. The maximum Gasteiger partial charge on any atom is 0.354 e. The van der Waals surface area contributed by atoms with Gasteiger partial charge in [-0.1, -0.05) is 13.0 Å². The summed E-state index contributed by atoms with van der Waals surface area (Å²) in [6, 6.07) is 8.23. The van der Waals surface area contributed by atoms with Crippen LogP contribution in [0.25, 0.3) is 0 Å². The van der Waals surface area contributed by atoms with Crippen molar-refractivity contribution in [3.63, 3.8) is 0 Å². The molecule has 3 rings (SSSR count). The van der Waals surface area contributed by atoms with Gasteiger partial charge in [-0.15, -0.1) is 0 Å². The molecule has 1 N–H and O–H groups in total. The first kappa shape index (κ1) is 16.2. The highest BCUT2D eigenvalue weighted by molar-refractivity contribution is 5.94. The number of pyridine rings is 1. The van der Waals surface area contributed by atoms with Crippen LogP contribution in [0.2, 0.25) is 0 Å². The number of likely N-dealkylation sites (tertiary alicyclic amines) is 1. The van der Waals surface area contributed by atoms with E-state index in [0.29, 0.717) is 6.54 Å². The minimum absolute atomic E-state index is 0.123. The quantitative estimate of drug-likeness (QED) is 0.931. The third-order valence-electron chi connectivity index (χ3n) is 4.31. The lowest BCUT2D eigenvalue weighted by Crippen LogP contribution is -2.38. The number of carbonyl (C=O) groups excluding carboxylic acids is 1. The zero-order chi connectivity index (χ0) is 17.1. The second kappa shape index (κ2) is 6.86. The topological polar surface area (TPSA) is 83.6 Å². The number of piperidine rings is 1. The Hall–Kier alpha value is -2.63. The Morgan fingerprint density at radius 3 is 2.75 bits per heavy atom. The molecule has 1 aliphatic heterocycles. The molecule has 6 heteroatoms. The number of furan rings is 1. The number of carbonyl (C=O) groups is 2. The highest BCUT2D eigenvalue weighted by atomic mass is 16.4. The number of hydrogen-bond acceptors (Lipinski definition) is 4. The molecule has 3 heterocycles. The fourth-order valence-corrected chi connectivity index (χ4v) is 3.05. The Balaban J connectivity index is 1.88. The van der Waals surface area contributed by atoms with Gasteiger partial charge in [0.15, 0.2) is 0 Å². The second-order valence-electron chi connectivity index (χ2n) is 5.88. The zero-order valence-electron chi connectivity index (χ0n) is 13.6. The van der Waals surface area contributed by atoms with Crippen LogP contribution in [0.5, 0.6) is 0 Å². The van der Waals surface area contributed by atoms with Crippen LogP contribution >= 0.6 is 0 Å². The van der Waals surface area contributed by atoms with E-state index in [2.05, 4.69) is 4.98 Å². The predicted octanol–water partition coefficient (Wildman–Crippen LogP) is 3.30. The van der Waals surface area contributed by atoms with Gasteiger partial charge in [-0.2, -0.15) is 0 Å². The zero-order valence-corrected chi connectivity index (χ0v) is 13.6. The molecule has 0 saturated carbocycles. The van der Waals surface area contributed by atoms with Crippen molar-refractivity contribution in [1.82, 2.24) is 9.88 Å². The Bertz CT molecular complexity index is 753. The second-order valence-corrected chi connectivity index (χ2v) is 5.88. The molecule has 2 aromatic rings. The molecule has 0 aromatic carbocycles. The average molecular weight is 328 g/mol. The van der Waals surface area contributed by atoms with E-state index in [1.807, 2.05) is 19.1 Å². The van der Waals surface area contributed by atoms with Gasteiger partial charge in [0.05, 0.1) is 6.04 Å². The Labute approximate surface area is 140 Å². The van der Waals surface area contributed by atoms with Crippen molar-refractivity contribution in [3.05, 3.63) is 53.2 Å². The van der Waals surface area contributed by atoms with Gasteiger partial charge < -0.3 is 14.4 Å². The van der Waals surface area contributed by atoms with Crippen molar-refractivity contribution >= 4 is 11.9 Å². The maximum atomic E-state index is 12.9. The number of aromatic nitrogens is 1. The van der Waals surface area contributed by atoms with Gasteiger partial charge in [0.25, 0.3) is 5.91 Å². The van der Waals surface area contributed by atoms with E-state index in [-0.39, 0.29) is 23.3 Å². The summed E-state index contributed by atoms with van der Waals surface area (Å²) in [5.41, 5.74) is 0.0322. The van der Waals surface area contributed by atoms with Crippen LogP contribution in [-0.4, -0.2) is 33.4 Å². The molecule has 0 aliphatic carbocycles. The number of nitrogens with zero attached hydrogens (tertiary/aromatic N) is 2. The Morgan fingerprint density at radius 2 is 2.04 bits per heavy atom. The monoisotopic (exact) mass is 328 g/mol. The van der Waals surface area contributed by atoms with E-state index in [1.54, 1.807) is 17.0 Å². The first-order chi connectivity index (χ1) is 11.6. The first-order valence-electron chi connectivity index (χ1n) is 8.20. The van der Waals surface area contributed by atoms with Gasteiger partial charge in [0, 0.05) is 13.0 Å². The van der Waals surface area contributed by atoms with Crippen LogP contribution in [0.15, 0.2) is 34.7 Å². The predicted molar refractivity (Wildman–Crippen MR) is 86.9 cm³/mol. The average Bonchev–Trinajstić information content (AvgIpc) is 3.10. The summed E-state index contributed by atoms with van der Waals surface area (Å²) in [7, 11) is 0. The van der Waals surface area contributed by atoms with Gasteiger partial charge in [-0.05, 0) is 43.5 Å². The number of aromatic carboxylic acids is 1. The SMILES string of the molecule is CCc1ccc(C2CCCCN2C(=O)c2cccc(C(=O)O)n2)o1. The fraction of sp³-hybridized carbons (Fsp3) is 0.389. The third kappa shape index (κ3) is 3.18. The number of carboxylic acid groups (broad SMARTS) is 1. The number of rotatable bonds is 4. The molecule has 6 nitrogen and oxygen atoms in total. The molecule has 1 atom stereocenters. The number of hydrogen-bond donors (Lipinski definition) is 1. The van der Waals surface area contributed by atoms with E-state index >= 15 is 0 Å². The molecule has 1 amide bonds. The van der Waals surface area contributed by atoms with Crippen LogP contribution in [0.1, 0.15) is 64.7 Å². The molecule has 2 aromatic heterocycles. The molecule has 1 saturated heterocycles. The van der Waals surface area contributed by atoms with Gasteiger partial charge in [0.1, 0.15) is 22.9 Å². The summed E-state index contributed by atoms with van der Waals surface area (Å²) >= 11 is 0. The molecule has 0 bridgehead atoms. The standard InChI is InChI=1S/C18H20N2O4/c1-2-12-9-10-16(24-12)15-8-3-4-11-20(15)17(21)13-6-5-7-14(19-13)18(22)23/h5-7,9-10,15H,2-4,8,11H2,1H3,(H,22,23). The van der Waals surface area contributed by atoms with Crippen LogP contribution in [-0.2, 0) is 6.42 Å². The lowest BCUT2D eigenvalue weighted by Gasteiger charge is -2.34. The largest absolute Gasteiger partial charge is 0.477 e. The van der Waals surface area contributed by atoms with E-state index in [9.17, 15) is 9.59 Å². The smallest absolute Gasteiger partial charge is 0.354 e.